The Balaban J connectivity index is 2.52. The molecular weight excluding hydrogens is 178 g/mol. The van der Waals surface area contributed by atoms with Crippen molar-refractivity contribution in [1.29, 1.82) is 0 Å². The van der Waals surface area contributed by atoms with Crippen molar-refractivity contribution < 1.29 is 0 Å². The molecule has 13 heavy (non-hydrogen) atoms. The van der Waals surface area contributed by atoms with E-state index in [4.69, 9.17) is 0 Å². The maximum atomic E-state index is 3.33. The van der Waals surface area contributed by atoms with Crippen LogP contribution in [0.5, 0.6) is 0 Å². The average Bonchev–Trinajstić information content (AvgIpc) is 2.61. The van der Waals surface area contributed by atoms with Gasteiger partial charge in [-0.2, -0.15) is 0 Å². The van der Waals surface area contributed by atoms with E-state index in [0.29, 0.717) is 6.04 Å². The highest BCUT2D eigenvalue weighted by Gasteiger charge is 2.05. The van der Waals surface area contributed by atoms with Crippen LogP contribution in [0.3, 0.4) is 0 Å². The van der Waals surface area contributed by atoms with Crippen LogP contribution in [0.2, 0.25) is 0 Å². The largest absolute Gasteiger partial charge is 0.317 e. The van der Waals surface area contributed by atoms with Gasteiger partial charge in [-0.1, -0.05) is 13.8 Å². The highest BCUT2D eigenvalue weighted by Crippen LogP contribution is 2.18. The molecule has 1 aromatic rings. The third kappa shape index (κ3) is 3.12. The predicted molar refractivity (Wildman–Crippen MR) is 60.5 cm³/mol. The van der Waals surface area contributed by atoms with Gasteiger partial charge in [0.1, 0.15) is 0 Å². The normalized spacial score (nSPS) is 13.2. The first-order valence-electron chi connectivity index (χ1n) is 5.05. The Bertz CT molecular complexity index is 238. The van der Waals surface area contributed by atoms with E-state index in [9.17, 15) is 0 Å². The van der Waals surface area contributed by atoms with E-state index in [0.717, 1.165) is 0 Å². The first-order chi connectivity index (χ1) is 6.30. The topological polar surface area (TPSA) is 12.0 Å². The molecule has 1 nitrogen and oxygen atoms in total. The molecule has 0 spiro atoms. The summed E-state index contributed by atoms with van der Waals surface area (Å²) in [5.74, 6) is 0. The van der Waals surface area contributed by atoms with E-state index < -0.39 is 0 Å². The molecule has 0 aliphatic heterocycles. The van der Waals surface area contributed by atoms with Gasteiger partial charge in [0.25, 0.3) is 0 Å². The van der Waals surface area contributed by atoms with Crippen molar-refractivity contribution >= 4 is 11.3 Å². The third-order valence-corrected chi connectivity index (χ3v) is 3.67. The van der Waals surface area contributed by atoms with Crippen LogP contribution >= 0.6 is 11.3 Å². The molecule has 0 saturated heterocycles. The Morgan fingerprint density at radius 3 is 2.46 bits per heavy atom. The predicted octanol–water partition coefficient (Wildman–Crippen LogP) is 2.85. The lowest BCUT2D eigenvalue weighted by atomic mass is 10.1. The van der Waals surface area contributed by atoms with Crippen molar-refractivity contribution in [2.75, 3.05) is 7.05 Å². The van der Waals surface area contributed by atoms with E-state index in [1.165, 1.54) is 29.0 Å². The maximum absolute atomic E-state index is 3.33. The van der Waals surface area contributed by atoms with Gasteiger partial charge in [0, 0.05) is 15.8 Å². The van der Waals surface area contributed by atoms with E-state index in [2.05, 4.69) is 31.3 Å². The summed E-state index contributed by atoms with van der Waals surface area (Å²) in [7, 11) is 2.04. The van der Waals surface area contributed by atoms with E-state index >= 15 is 0 Å². The molecule has 0 aliphatic carbocycles. The van der Waals surface area contributed by atoms with Crippen LogP contribution in [-0.2, 0) is 12.8 Å². The maximum Gasteiger partial charge on any atom is 0.0110 e. The smallest absolute Gasteiger partial charge is 0.0110 e. The van der Waals surface area contributed by atoms with Crippen molar-refractivity contribution in [1.82, 2.24) is 5.32 Å². The number of hydrogen-bond acceptors (Lipinski definition) is 2. The molecule has 74 valence electrons. The van der Waals surface area contributed by atoms with Gasteiger partial charge in [-0.05, 0) is 38.4 Å². The van der Waals surface area contributed by atoms with Crippen LogP contribution in [0.4, 0.5) is 0 Å². The Morgan fingerprint density at radius 2 is 2.00 bits per heavy atom. The van der Waals surface area contributed by atoms with Gasteiger partial charge in [-0.15, -0.1) is 11.3 Å². The monoisotopic (exact) mass is 197 g/mol. The summed E-state index contributed by atoms with van der Waals surface area (Å²) in [6, 6.07) is 5.16. The Kier molecular flexibility index (Phi) is 4.46. The molecule has 0 saturated carbocycles. The second-order valence-electron chi connectivity index (χ2n) is 3.32. The average molecular weight is 197 g/mol. The molecule has 1 aromatic heterocycles. The van der Waals surface area contributed by atoms with E-state index in [1.807, 2.05) is 18.4 Å². The van der Waals surface area contributed by atoms with Crippen LogP contribution in [0.15, 0.2) is 12.1 Å². The minimum absolute atomic E-state index is 0.642. The molecule has 0 bridgehead atoms. The summed E-state index contributed by atoms with van der Waals surface area (Å²) in [6.45, 7) is 4.44. The van der Waals surface area contributed by atoms with Crippen LogP contribution in [0.1, 0.15) is 30.0 Å². The lowest BCUT2D eigenvalue weighted by Gasteiger charge is -2.11. The highest BCUT2D eigenvalue weighted by molar-refractivity contribution is 7.11. The molecule has 0 aromatic carbocycles. The quantitative estimate of drug-likeness (QED) is 0.765. The fourth-order valence-electron chi connectivity index (χ4n) is 1.42. The molecule has 0 radical (unpaired) electrons. The zero-order valence-electron chi connectivity index (χ0n) is 8.76. The molecule has 0 fully saturated rings. The first-order valence-corrected chi connectivity index (χ1v) is 5.86. The van der Waals surface area contributed by atoms with Crippen molar-refractivity contribution in [3.63, 3.8) is 0 Å². The zero-order chi connectivity index (χ0) is 9.68. The lowest BCUT2D eigenvalue weighted by Crippen LogP contribution is -2.25. The first kappa shape index (κ1) is 10.7. The van der Waals surface area contributed by atoms with Crippen LogP contribution in [0.25, 0.3) is 0 Å². The number of hydrogen-bond donors (Lipinski definition) is 1. The molecule has 1 N–H and O–H groups in total. The highest BCUT2D eigenvalue weighted by atomic mass is 32.1. The Labute approximate surface area is 85.2 Å². The molecule has 2 heteroatoms. The summed E-state index contributed by atoms with van der Waals surface area (Å²) < 4.78 is 0. The molecule has 1 unspecified atom stereocenters. The summed E-state index contributed by atoms with van der Waals surface area (Å²) in [5.41, 5.74) is 0. The summed E-state index contributed by atoms with van der Waals surface area (Å²) in [5, 5.41) is 3.33. The number of aryl methyl sites for hydroxylation is 1. The number of thiophene rings is 1. The minimum atomic E-state index is 0.642. The number of rotatable bonds is 5. The SMILES string of the molecule is CCc1ccc(CC(CC)NC)s1. The van der Waals surface area contributed by atoms with Crippen molar-refractivity contribution in [3.05, 3.63) is 21.9 Å². The van der Waals surface area contributed by atoms with Gasteiger partial charge in [0.15, 0.2) is 0 Å². The van der Waals surface area contributed by atoms with Gasteiger partial charge >= 0.3 is 0 Å². The molecule has 1 rings (SSSR count). The fourth-order valence-corrected chi connectivity index (χ4v) is 2.45. The molecule has 1 atom stereocenters. The minimum Gasteiger partial charge on any atom is -0.317 e. The third-order valence-electron chi connectivity index (χ3n) is 2.41. The molecule has 0 amide bonds. The number of nitrogens with one attached hydrogen (secondary N) is 1. The summed E-state index contributed by atoms with van der Waals surface area (Å²) in [6.07, 6.45) is 3.55. The second kappa shape index (κ2) is 5.40. The molecule has 1 heterocycles. The van der Waals surface area contributed by atoms with Gasteiger partial charge < -0.3 is 5.32 Å². The van der Waals surface area contributed by atoms with Crippen molar-refractivity contribution in [2.24, 2.45) is 0 Å². The molecular formula is C11H19NS. The van der Waals surface area contributed by atoms with Crippen molar-refractivity contribution in [2.45, 2.75) is 39.2 Å². The fraction of sp³-hybridized carbons (Fsp3) is 0.636. The van der Waals surface area contributed by atoms with Gasteiger partial charge in [0.05, 0.1) is 0 Å². The second-order valence-corrected chi connectivity index (χ2v) is 4.57. The molecule has 0 aliphatic rings. The standard InChI is InChI=1S/C11H19NS/c1-4-9(12-3)8-11-7-6-10(5-2)13-11/h6-7,9,12H,4-5,8H2,1-3H3. The van der Waals surface area contributed by atoms with Crippen LogP contribution in [0, 0.1) is 0 Å². The van der Waals surface area contributed by atoms with E-state index in [-0.39, 0.29) is 0 Å². The number of likely N-dealkylation sites (N-methyl/N-ethyl adjacent to an activating group) is 1. The summed E-state index contributed by atoms with van der Waals surface area (Å²) in [4.78, 5) is 3.01. The van der Waals surface area contributed by atoms with E-state index in [1.54, 1.807) is 0 Å². The Morgan fingerprint density at radius 1 is 1.31 bits per heavy atom. The van der Waals surface area contributed by atoms with Crippen LogP contribution in [-0.4, -0.2) is 13.1 Å². The van der Waals surface area contributed by atoms with Gasteiger partial charge in [0.2, 0.25) is 0 Å². The van der Waals surface area contributed by atoms with Crippen molar-refractivity contribution in [3.8, 4) is 0 Å². The summed E-state index contributed by atoms with van der Waals surface area (Å²) >= 11 is 1.95. The van der Waals surface area contributed by atoms with Gasteiger partial charge in [-0.25, -0.2) is 0 Å². The van der Waals surface area contributed by atoms with Gasteiger partial charge in [-0.3, -0.25) is 0 Å². The Hall–Kier alpha value is -0.340. The lowest BCUT2D eigenvalue weighted by molar-refractivity contribution is 0.547. The zero-order valence-corrected chi connectivity index (χ0v) is 9.58. The van der Waals surface area contributed by atoms with Crippen LogP contribution < -0.4 is 5.32 Å².